The number of hydrogen-bond donors (Lipinski definition) is 2. The fraction of sp³-hybridized carbons (Fsp3) is 0.611. The summed E-state index contributed by atoms with van der Waals surface area (Å²) >= 11 is 0. The van der Waals surface area contributed by atoms with Gasteiger partial charge in [-0.05, 0) is 43.1 Å². The zero-order chi connectivity index (χ0) is 17.9. The summed E-state index contributed by atoms with van der Waals surface area (Å²) in [4.78, 5) is 14.4. The second-order valence-corrected chi connectivity index (χ2v) is 7.05. The van der Waals surface area contributed by atoms with Gasteiger partial charge in [0.2, 0.25) is 5.91 Å². The summed E-state index contributed by atoms with van der Waals surface area (Å²) in [6, 6.07) is 6.14. The topological polar surface area (TPSA) is 53.6 Å². The fourth-order valence-electron chi connectivity index (χ4n) is 3.29. The molecule has 1 aromatic rings. The van der Waals surface area contributed by atoms with Crippen molar-refractivity contribution in [3.63, 3.8) is 0 Å². The van der Waals surface area contributed by atoms with Crippen LogP contribution in [0.4, 0.5) is 14.5 Å². The van der Waals surface area contributed by atoms with Crippen LogP contribution in [-0.2, 0) is 4.79 Å². The summed E-state index contributed by atoms with van der Waals surface area (Å²) in [5, 5.41) is 5.20. The van der Waals surface area contributed by atoms with Crippen molar-refractivity contribution < 1.29 is 18.3 Å². The quantitative estimate of drug-likeness (QED) is 0.824. The first-order chi connectivity index (χ1) is 11.9. The van der Waals surface area contributed by atoms with E-state index in [0.29, 0.717) is 12.3 Å². The summed E-state index contributed by atoms with van der Waals surface area (Å²) in [7, 11) is 0. The lowest BCUT2D eigenvalue weighted by molar-refractivity contribution is -0.118. The SMILES string of the molecule is CC1CCN(CCOc2ccc(NC(=O)C3CC(F)(F)CN3)cc2)C1. The highest BCUT2D eigenvalue weighted by molar-refractivity contribution is 5.95. The number of rotatable bonds is 6. The summed E-state index contributed by atoms with van der Waals surface area (Å²) in [6.45, 7) is 5.60. The first-order valence-electron chi connectivity index (χ1n) is 8.79. The van der Waals surface area contributed by atoms with E-state index in [-0.39, 0.29) is 0 Å². The van der Waals surface area contributed by atoms with Gasteiger partial charge in [-0.3, -0.25) is 15.0 Å². The minimum Gasteiger partial charge on any atom is -0.492 e. The second kappa shape index (κ2) is 7.66. The van der Waals surface area contributed by atoms with Crippen LogP contribution < -0.4 is 15.4 Å². The Labute approximate surface area is 146 Å². The number of benzene rings is 1. The minimum absolute atomic E-state index is 0.436. The van der Waals surface area contributed by atoms with Gasteiger partial charge < -0.3 is 10.1 Å². The molecule has 2 saturated heterocycles. The van der Waals surface area contributed by atoms with Gasteiger partial charge in [0, 0.05) is 25.2 Å². The van der Waals surface area contributed by atoms with Gasteiger partial charge in [-0.25, -0.2) is 8.78 Å². The highest BCUT2D eigenvalue weighted by Gasteiger charge is 2.42. The molecule has 25 heavy (non-hydrogen) atoms. The number of hydrogen-bond acceptors (Lipinski definition) is 4. The zero-order valence-electron chi connectivity index (χ0n) is 14.4. The number of nitrogens with zero attached hydrogens (tertiary/aromatic N) is 1. The number of anilines is 1. The highest BCUT2D eigenvalue weighted by Crippen LogP contribution is 2.26. The minimum atomic E-state index is -2.81. The Bertz CT molecular complexity index is 594. The van der Waals surface area contributed by atoms with E-state index in [1.54, 1.807) is 24.3 Å². The van der Waals surface area contributed by atoms with Gasteiger partial charge >= 0.3 is 0 Å². The second-order valence-electron chi connectivity index (χ2n) is 7.05. The molecule has 0 aromatic heterocycles. The van der Waals surface area contributed by atoms with Gasteiger partial charge in [0.25, 0.3) is 5.92 Å². The monoisotopic (exact) mass is 353 g/mol. The maximum absolute atomic E-state index is 13.1. The number of halogens is 2. The first-order valence-corrected chi connectivity index (χ1v) is 8.79. The van der Waals surface area contributed by atoms with Crippen LogP contribution in [0.1, 0.15) is 19.8 Å². The molecule has 1 amide bonds. The third kappa shape index (κ3) is 5.12. The van der Waals surface area contributed by atoms with Crippen molar-refractivity contribution in [3.05, 3.63) is 24.3 Å². The van der Waals surface area contributed by atoms with Crippen LogP contribution in [0.2, 0.25) is 0 Å². The Balaban J connectivity index is 1.42. The van der Waals surface area contributed by atoms with E-state index in [9.17, 15) is 13.6 Å². The molecule has 0 saturated carbocycles. The molecule has 3 rings (SSSR count). The van der Waals surface area contributed by atoms with Crippen LogP contribution >= 0.6 is 0 Å². The van der Waals surface area contributed by atoms with E-state index in [1.807, 2.05) is 0 Å². The van der Waals surface area contributed by atoms with E-state index in [4.69, 9.17) is 4.74 Å². The fourth-order valence-corrected chi connectivity index (χ4v) is 3.29. The predicted molar refractivity (Wildman–Crippen MR) is 92.1 cm³/mol. The molecular formula is C18H25F2N3O2. The predicted octanol–water partition coefficient (Wildman–Crippen LogP) is 2.34. The summed E-state index contributed by atoms with van der Waals surface area (Å²) in [5.74, 6) is -1.76. The van der Waals surface area contributed by atoms with E-state index in [0.717, 1.165) is 31.3 Å². The molecule has 1 aromatic carbocycles. The molecule has 0 radical (unpaired) electrons. The molecule has 2 atom stereocenters. The zero-order valence-corrected chi connectivity index (χ0v) is 14.4. The maximum atomic E-state index is 13.1. The van der Waals surface area contributed by atoms with Crippen LogP contribution in [0.5, 0.6) is 5.75 Å². The van der Waals surface area contributed by atoms with Crippen LogP contribution in [0.25, 0.3) is 0 Å². The van der Waals surface area contributed by atoms with Crippen LogP contribution in [0, 0.1) is 5.92 Å². The third-order valence-corrected chi connectivity index (χ3v) is 4.73. The lowest BCUT2D eigenvalue weighted by atomic mass is 10.2. The average molecular weight is 353 g/mol. The van der Waals surface area contributed by atoms with Crippen LogP contribution in [-0.4, -0.2) is 55.6 Å². The Hall–Kier alpha value is -1.73. The number of ether oxygens (including phenoxy) is 1. The highest BCUT2D eigenvalue weighted by atomic mass is 19.3. The van der Waals surface area contributed by atoms with Crippen LogP contribution in [0.3, 0.4) is 0 Å². The van der Waals surface area contributed by atoms with Crippen molar-refractivity contribution in [3.8, 4) is 5.75 Å². The Kier molecular flexibility index (Phi) is 5.54. The Morgan fingerprint density at radius 1 is 1.40 bits per heavy atom. The van der Waals surface area contributed by atoms with E-state index in [1.165, 1.54) is 6.42 Å². The number of carbonyl (C=O) groups excluding carboxylic acids is 1. The van der Waals surface area contributed by atoms with Crippen molar-refractivity contribution in [2.45, 2.75) is 31.7 Å². The molecule has 138 valence electrons. The van der Waals surface area contributed by atoms with E-state index < -0.39 is 30.8 Å². The van der Waals surface area contributed by atoms with Crippen molar-refractivity contribution in [2.75, 3.05) is 38.1 Å². The molecule has 2 aliphatic rings. The van der Waals surface area contributed by atoms with E-state index in [2.05, 4.69) is 22.5 Å². The molecule has 2 fully saturated rings. The van der Waals surface area contributed by atoms with Gasteiger partial charge in [0.1, 0.15) is 12.4 Å². The lowest BCUT2D eigenvalue weighted by Crippen LogP contribution is -2.35. The number of likely N-dealkylation sites (tertiary alicyclic amines) is 1. The first kappa shape index (κ1) is 18.1. The Morgan fingerprint density at radius 3 is 2.76 bits per heavy atom. The molecule has 0 bridgehead atoms. The largest absolute Gasteiger partial charge is 0.492 e. The van der Waals surface area contributed by atoms with Gasteiger partial charge in [-0.1, -0.05) is 6.92 Å². The molecule has 2 unspecified atom stereocenters. The lowest BCUT2D eigenvalue weighted by Gasteiger charge is -2.16. The molecule has 2 aliphatic heterocycles. The average Bonchev–Trinajstić information content (AvgIpc) is 3.14. The molecule has 0 spiro atoms. The summed E-state index contributed by atoms with van der Waals surface area (Å²) in [6.07, 6.45) is 0.783. The van der Waals surface area contributed by atoms with Crippen molar-refractivity contribution in [1.82, 2.24) is 10.2 Å². The summed E-state index contributed by atoms with van der Waals surface area (Å²) in [5.41, 5.74) is 0.572. The van der Waals surface area contributed by atoms with E-state index >= 15 is 0 Å². The number of amides is 1. The molecule has 2 heterocycles. The van der Waals surface area contributed by atoms with Crippen molar-refractivity contribution >= 4 is 11.6 Å². The molecular weight excluding hydrogens is 328 g/mol. The van der Waals surface area contributed by atoms with Gasteiger partial charge in [0.15, 0.2) is 0 Å². The number of carbonyl (C=O) groups is 1. The molecule has 2 N–H and O–H groups in total. The molecule has 7 heteroatoms. The Morgan fingerprint density at radius 2 is 2.16 bits per heavy atom. The maximum Gasteiger partial charge on any atom is 0.262 e. The summed E-state index contributed by atoms with van der Waals surface area (Å²) < 4.78 is 32.0. The van der Waals surface area contributed by atoms with Crippen LogP contribution in [0.15, 0.2) is 24.3 Å². The third-order valence-electron chi connectivity index (χ3n) is 4.73. The number of nitrogens with one attached hydrogen (secondary N) is 2. The standard InChI is InChI=1S/C18H25F2N3O2/c1-13-6-7-23(11-13)8-9-25-15-4-2-14(3-5-15)22-17(24)16-10-18(19,20)12-21-16/h2-5,13,16,21H,6-12H2,1H3,(H,22,24). The van der Waals surface area contributed by atoms with Gasteiger partial charge in [-0.15, -0.1) is 0 Å². The van der Waals surface area contributed by atoms with Crippen molar-refractivity contribution in [2.24, 2.45) is 5.92 Å². The van der Waals surface area contributed by atoms with Gasteiger partial charge in [-0.2, -0.15) is 0 Å². The molecule has 0 aliphatic carbocycles. The normalized spacial score (nSPS) is 25.9. The smallest absolute Gasteiger partial charge is 0.262 e. The van der Waals surface area contributed by atoms with Gasteiger partial charge in [0.05, 0.1) is 12.6 Å². The molecule has 5 nitrogen and oxygen atoms in total. The number of alkyl halides is 2. The van der Waals surface area contributed by atoms with Crippen molar-refractivity contribution in [1.29, 1.82) is 0 Å².